The van der Waals surface area contributed by atoms with Crippen molar-refractivity contribution in [1.82, 2.24) is 5.32 Å². The second-order valence-corrected chi connectivity index (χ2v) is 2.16. The van der Waals surface area contributed by atoms with E-state index in [1.165, 1.54) is 6.92 Å². The van der Waals surface area contributed by atoms with Crippen molar-refractivity contribution in [3.05, 3.63) is 11.8 Å². The minimum absolute atomic E-state index is 0.0392. The van der Waals surface area contributed by atoms with Crippen LogP contribution in [0.3, 0.4) is 0 Å². The standard InChI is InChI=1S/C8H13NO2/c1-4-7(8(11)5-2)9-6(3)10/h4H,5H2,1-3H3,(H,9,10)/b7-4+. The fraction of sp³-hybridized carbons (Fsp3) is 0.500. The van der Waals surface area contributed by atoms with E-state index in [4.69, 9.17) is 0 Å². The predicted octanol–water partition coefficient (Wildman–Crippen LogP) is 1.01. The van der Waals surface area contributed by atoms with Crippen molar-refractivity contribution in [1.29, 1.82) is 0 Å². The van der Waals surface area contributed by atoms with Crippen LogP contribution in [-0.4, -0.2) is 11.7 Å². The van der Waals surface area contributed by atoms with Crippen LogP contribution in [0.25, 0.3) is 0 Å². The van der Waals surface area contributed by atoms with E-state index in [1.54, 1.807) is 19.9 Å². The Morgan fingerprint density at radius 2 is 2.00 bits per heavy atom. The average molecular weight is 155 g/mol. The molecule has 0 radical (unpaired) electrons. The van der Waals surface area contributed by atoms with Gasteiger partial charge in [-0.25, -0.2) is 0 Å². The Hall–Kier alpha value is -1.12. The van der Waals surface area contributed by atoms with E-state index >= 15 is 0 Å². The number of carbonyl (C=O) groups excluding carboxylic acids is 2. The van der Waals surface area contributed by atoms with Gasteiger partial charge in [-0.05, 0) is 6.92 Å². The van der Waals surface area contributed by atoms with Crippen molar-refractivity contribution in [2.45, 2.75) is 27.2 Å². The second kappa shape index (κ2) is 4.66. The van der Waals surface area contributed by atoms with Crippen molar-refractivity contribution in [2.24, 2.45) is 0 Å². The SMILES string of the molecule is C/C=C(/NC(C)=O)C(=O)CC. The first-order valence-corrected chi connectivity index (χ1v) is 3.58. The summed E-state index contributed by atoms with van der Waals surface area (Å²) in [6.07, 6.45) is 2.02. The molecule has 0 spiro atoms. The van der Waals surface area contributed by atoms with Crippen LogP contribution in [0.4, 0.5) is 0 Å². The number of rotatable bonds is 3. The molecule has 0 bridgehead atoms. The molecule has 0 aliphatic heterocycles. The molecule has 0 aromatic rings. The van der Waals surface area contributed by atoms with E-state index in [0.29, 0.717) is 12.1 Å². The summed E-state index contributed by atoms with van der Waals surface area (Å²) in [7, 11) is 0. The summed E-state index contributed by atoms with van der Waals surface area (Å²) < 4.78 is 0. The van der Waals surface area contributed by atoms with Gasteiger partial charge in [0.25, 0.3) is 0 Å². The van der Waals surface area contributed by atoms with Crippen molar-refractivity contribution >= 4 is 11.7 Å². The fourth-order valence-electron chi connectivity index (χ4n) is 0.683. The normalized spacial score (nSPS) is 11.0. The Bertz CT molecular complexity index is 194. The van der Waals surface area contributed by atoms with Gasteiger partial charge in [0.2, 0.25) is 5.91 Å². The third kappa shape index (κ3) is 3.55. The van der Waals surface area contributed by atoms with Crippen LogP contribution >= 0.6 is 0 Å². The van der Waals surface area contributed by atoms with E-state index < -0.39 is 0 Å². The summed E-state index contributed by atoms with van der Waals surface area (Å²) in [5, 5.41) is 2.45. The lowest BCUT2D eigenvalue weighted by atomic mass is 10.2. The maximum absolute atomic E-state index is 11.0. The quantitative estimate of drug-likeness (QED) is 0.618. The lowest BCUT2D eigenvalue weighted by molar-refractivity contribution is -0.121. The summed E-state index contributed by atoms with van der Waals surface area (Å²) in [5.74, 6) is -0.248. The van der Waals surface area contributed by atoms with Crippen LogP contribution in [0, 0.1) is 0 Å². The van der Waals surface area contributed by atoms with Gasteiger partial charge in [0, 0.05) is 13.3 Å². The molecule has 11 heavy (non-hydrogen) atoms. The molecule has 0 saturated carbocycles. The molecule has 3 nitrogen and oxygen atoms in total. The van der Waals surface area contributed by atoms with Crippen molar-refractivity contribution in [3.8, 4) is 0 Å². The van der Waals surface area contributed by atoms with Gasteiger partial charge >= 0.3 is 0 Å². The molecule has 0 aromatic carbocycles. The van der Waals surface area contributed by atoms with Crippen LogP contribution in [0.2, 0.25) is 0 Å². The fourth-order valence-corrected chi connectivity index (χ4v) is 0.683. The third-order valence-corrected chi connectivity index (χ3v) is 1.22. The monoisotopic (exact) mass is 155 g/mol. The van der Waals surface area contributed by atoms with Crippen LogP contribution in [0.1, 0.15) is 27.2 Å². The molecule has 0 unspecified atom stereocenters. The Morgan fingerprint density at radius 1 is 1.45 bits per heavy atom. The predicted molar refractivity (Wildman–Crippen MR) is 42.9 cm³/mol. The topological polar surface area (TPSA) is 46.2 Å². The maximum Gasteiger partial charge on any atom is 0.221 e. The Labute approximate surface area is 66.5 Å². The number of ketones is 1. The van der Waals surface area contributed by atoms with Gasteiger partial charge in [-0.1, -0.05) is 13.0 Å². The number of amides is 1. The number of allylic oxidation sites excluding steroid dienone is 2. The third-order valence-electron chi connectivity index (χ3n) is 1.22. The lowest BCUT2D eigenvalue weighted by Gasteiger charge is -2.03. The van der Waals surface area contributed by atoms with Gasteiger partial charge in [-0.3, -0.25) is 9.59 Å². The van der Waals surface area contributed by atoms with E-state index in [0.717, 1.165) is 0 Å². The molecule has 0 aliphatic rings. The highest BCUT2D eigenvalue weighted by atomic mass is 16.2. The maximum atomic E-state index is 11.0. The highest BCUT2D eigenvalue weighted by Gasteiger charge is 2.05. The number of hydrogen-bond acceptors (Lipinski definition) is 2. The first kappa shape index (κ1) is 9.88. The minimum Gasteiger partial charge on any atom is -0.324 e. The van der Waals surface area contributed by atoms with Gasteiger partial charge in [0.1, 0.15) is 0 Å². The van der Waals surface area contributed by atoms with Gasteiger partial charge < -0.3 is 5.32 Å². The van der Waals surface area contributed by atoms with Gasteiger partial charge in [-0.15, -0.1) is 0 Å². The highest BCUT2D eigenvalue weighted by molar-refractivity contribution is 5.98. The molecule has 0 aliphatic carbocycles. The zero-order valence-corrected chi connectivity index (χ0v) is 7.10. The molecular formula is C8H13NO2. The van der Waals surface area contributed by atoms with Gasteiger partial charge in [-0.2, -0.15) is 0 Å². The molecular weight excluding hydrogens is 142 g/mol. The summed E-state index contributed by atoms with van der Waals surface area (Å²) in [6, 6.07) is 0. The average Bonchev–Trinajstić information content (AvgIpc) is 1.98. The number of carbonyl (C=O) groups is 2. The summed E-state index contributed by atoms with van der Waals surface area (Å²) in [4.78, 5) is 21.5. The largest absolute Gasteiger partial charge is 0.324 e. The lowest BCUT2D eigenvalue weighted by Crippen LogP contribution is -2.24. The van der Waals surface area contributed by atoms with E-state index in [1.807, 2.05) is 0 Å². The molecule has 0 aromatic heterocycles. The molecule has 0 heterocycles. The number of nitrogens with one attached hydrogen (secondary N) is 1. The Morgan fingerprint density at radius 3 is 2.27 bits per heavy atom. The summed E-state index contributed by atoms with van der Waals surface area (Å²) in [5.41, 5.74) is 0.389. The van der Waals surface area contributed by atoms with E-state index in [-0.39, 0.29) is 11.7 Å². The number of Topliss-reactive ketones (excluding diaryl/α,β-unsaturated/α-hetero) is 1. The van der Waals surface area contributed by atoms with Crippen LogP contribution < -0.4 is 5.32 Å². The van der Waals surface area contributed by atoms with Crippen LogP contribution in [0.5, 0.6) is 0 Å². The first-order valence-electron chi connectivity index (χ1n) is 3.58. The Balaban J connectivity index is 4.20. The Kier molecular flexibility index (Phi) is 4.18. The molecule has 1 N–H and O–H groups in total. The summed E-state index contributed by atoms with van der Waals surface area (Å²) >= 11 is 0. The molecule has 62 valence electrons. The van der Waals surface area contributed by atoms with Crippen molar-refractivity contribution < 1.29 is 9.59 Å². The second-order valence-electron chi connectivity index (χ2n) is 2.16. The van der Waals surface area contributed by atoms with Gasteiger partial charge in [0.15, 0.2) is 5.78 Å². The van der Waals surface area contributed by atoms with Crippen molar-refractivity contribution in [2.75, 3.05) is 0 Å². The van der Waals surface area contributed by atoms with Crippen molar-refractivity contribution in [3.63, 3.8) is 0 Å². The number of hydrogen-bond donors (Lipinski definition) is 1. The smallest absolute Gasteiger partial charge is 0.221 e. The molecule has 0 rings (SSSR count). The van der Waals surface area contributed by atoms with E-state index in [9.17, 15) is 9.59 Å². The molecule has 3 heteroatoms. The minimum atomic E-state index is -0.208. The molecule has 0 atom stereocenters. The molecule has 0 fully saturated rings. The molecule has 0 saturated heterocycles. The first-order chi connectivity index (χ1) is 5.11. The van der Waals surface area contributed by atoms with Crippen LogP contribution in [0.15, 0.2) is 11.8 Å². The van der Waals surface area contributed by atoms with Crippen LogP contribution in [-0.2, 0) is 9.59 Å². The highest BCUT2D eigenvalue weighted by Crippen LogP contribution is 1.94. The zero-order valence-electron chi connectivity index (χ0n) is 7.10. The summed E-state index contributed by atoms with van der Waals surface area (Å²) in [6.45, 7) is 4.86. The van der Waals surface area contributed by atoms with Gasteiger partial charge in [0.05, 0.1) is 5.70 Å². The van der Waals surface area contributed by atoms with E-state index in [2.05, 4.69) is 5.32 Å². The molecule has 1 amide bonds. The zero-order chi connectivity index (χ0) is 8.85.